The van der Waals surface area contributed by atoms with E-state index in [-0.39, 0.29) is 5.56 Å². The number of aromatic nitrogens is 2. The number of rotatable bonds is 7. The summed E-state index contributed by atoms with van der Waals surface area (Å²) in [6.07, 6.45) is 7.36. The Labute approximate surface area is 146 Å². The van der Waals surface area contributed by atoms with Crippen LogP contribution in [0.4, 0.5) is 0 Å². The molecule has 0 spiro atoms. The van der Waals surface area contributed by atoms with Gasteiger partial charge in [0.25, 0.3) is 5.56 Å². The van der Waals surface area contributed by atoms with Crippen molar-refractivity contribution in [3.63, 3.8) is 0 Å². The zero-order valence-corrected chi connectivity index (χ0v) is 15.0. The van der Waals surface area contributed by atoms with Crippen LogP contribution in [0.3, 0.4) is 0 Å². The molecule has 0 saturated carbocycles. The molecule has 0 amide bonds. The number of aryl methyl sites for hydroxylation is 2. The second kappa shape index (κ2) is 7.59. The van der Waals surface area contributed by atoms with E-state index in [9.17, 15) is 9.90 Å². The lowest BCUT2D eigenvalue weighted by molar-refractivity contribution is 0.115. The third-order valence-electron chi connectivity index (χ3n) is 4.52. The van der Waals surface area contributed by atoms with Crippen LogP contribution in [-0.4, -0.2) is 39.7 Å². The lowest BCUT2D eigenvalue weighted by Crippen LogP contribution is -2.30. The second-order valence-electron chi connectivity index (χ2n) is 6.62. The number of aliphatic hydroxyl groups is 1. The maximum Gasteiger partial charge on any atom is 0.259 e. The minimum absolute atomic E-state index is 0.0185. The molecule has 1 aliphatic carbocycles. The minimum atomic E-state index is -0.391. The van der Waals surface area contributed by atoms with Gasteiger partial charge in [0.15, 0.2) is 0 Å². The average molecular weight is 347 g/mol. The molecular weight excluding hydrogens is 322 g/mol. The summed E-state index contributed by atoms with van der Waals surface area (Å²) >= 11 is 1.67. The Kier molecular flexibility index (Phi) is 5.48. The molecular formula is C18H25N3O2S. The molecule has 2 N–H and O–H groups in total. The molecule has 2 aromatic rings. The summed E-state index contributed by atoms with van der Waals surface area (Å²) in [6.45, 7) is 4.75. The Morgan fingerprint density at radius 1 is 1.46 bits per heavy atom. The minimum Gasteiger partial charge on any atom is -0.392 e. The number of thiophene rings is 1. The molecule has 0 radical (unpaired) electrons. The zero-order valence-electron chi connectivity index (χ0n) is 14.2. The standard InChI is InChI=1S/C18H25N3O2S/c1-3-4-7-12(22)10-21(2)11-15-19-17(23)16-13-8-5-6-9-14(13)24-18(16)20-15/h3,12,22H,1,4-11H2,2H3,(H,19,20,23)/t12-/m1/s1. The van der Waals surface area contributed by atoms with E-state index in [0.29, 0.717) is 25.3 Å². The average Bonchev–Trinajstić information content (AvgIpc) is 2.91. The van der Waals surface area contributed by atoms with Crippen molar-refractivity contribution in [1.29, 1.82) is 0 Å². The molecule has 0 aliphatic heterocycles. The molecule has 24 heavy (non-hydrogen) atoms. The first-order valence-electron chi connectivity index (χ1n) is 8.59. The van der Waals surface area contributed by atoms with Crippen molar-refractivity contribution in [3.8, 4) is 0 Å². The molecule has 0 aromatic carbocycles. The number of hydrogen-bond donors (Lipinski definition) is 2. The van der Waals surface area contributed by atoms with E-state index < -0.39 is 6.10 Å². The zero-order chi connectivity index (χ0) is 17.1. The molecule has 1 atom stereocenters. The van der Waals surface area contributed by atoms with Crippen molar-refractivity contribution < 1.29 is 5.11 Å². The van der Waals surface area contributed by atoms with Crippen molar-refractivity contribution in [2.24, 2.45) is 0 Å². The Hall–Kier alpha value is -1.50. The molecule has 2 aromatic heterocycles. The van der Waals surface area contributed by atoms with Crippen molar-refractivity contribution in [1.82, 2.24) is 14.9 Å². The van der Waals surface area contributed by atoms with Gasteiger partial charge in [-0.1, -0.05) is 6.08 Å². The van der Waals surface area contributed by atoms with E-state index in [4.69, 9.17) is 0 Å². The Balaban J connectivity index is 1.76. The number of aromatic amines is 1. The van der Waals surface area contributed by atoms with Gasteiger partial charge in [-0.25, -0.2) is 4.98 Å². The smallest absolute Gasteiger partial charge is 0.259 e. The van der Waals surface area contributed by atoms with Crippen molar-refractivity contribution in [3.05, 3.63) is 39.3 Å². The van der Waals surface area contributed by atoms with Gasteiger partial charge in [-0.2, -0.15) is 0 Å². The molecule has 2 heterocycles. The fourth-order valence-electron chi connectivity index (χ4n) is 3.36. The summed E-state index contributed by atoms with van der Waals surface area (Å²) in [5.41, 5.74) is 1.20. The molecule has 1 aliphatic rings. The number of H-pyrrole nitrogens is 1. The quantitative estimate of drug-likeness (QED) is 0.756. The van der Waals surface area contributed by atoms with Gasteiger partial charge in [0, 0.05) is 11.4 Å². The largest absolute Gasteiger partial charge is 0.392 e. The maximum atomic E-state index is 12.5. The van der Waals surface area contributed by atoms with Crippen LogP contribution in [0.2, 0.25) is 0 Å². The predicted octanol–water partition coefficient (Wildman–Crippen LogP) is 2.62. The highest BCUT2D eigenvalue weighted by atomic mass is 32.1. The number of nitrogens with one attached hydrogen (secondary N) is 1. The van der Waals surface area contributed by atoms with E-state index in [2.05, 4.69) is 16.5 Å². The van der Waals surface area contributed by atoms with Gasteiger partial charge in [0.1, 0.15) is 10.7 Å². The number of aliphatic hydroxyl groups excluding tert-OH is 1. The molecule has 0 fully saturated rings. The monoisotopic (exact) mass is 347 g/mol. The van der Waals surface area contributed by atoms with Gasteiger partial charge in [0.2, 0.25) is 0 Å². The van der Waals surface area contributed by atoms with Gasteiger partial charge in [-0.3, -0.25) is 9.69 Å². The van der Waals surface area contributed by atoms with Gasteiger partial charge >= 0.3 is 0 Å². The van der Waals surface area contributed by atoms with E-state index >= 15 is 0 Å². The van der Waals surface area contributed by atoms with E-state index in [1.807, 2.05) is 18.0 Å². The molecule has 0 bridgehead atoms. The van der Waals surface area contributed by atoms with Gasteiger partial charge in [0.05, 0.1) is 18.0 Å². The highest BCUT2D eigenvalue weighted by molar-refractivity contribution is 7.18. The maximum absolute atomic E-state index is 12.5. The van der Waals surface area contributed by atoms with E-state index in [1.54, 1.807) is 11.3 Å². The lowest BCUT2D eigenvalue weighted by Gasteiger charge is -2.19. The summed E-state index contributed by atoms with van der Waals surface area (Å²) in [5.74, 6) is 0.671. The van der Waals surface area contributed by atoms with Crippen molar-refractivity contribution in [2.75, 3.05) is 13.6 Å². The van der Waals surface area contributed by atoms with Gasteiger partial charge in [-0.15, -0.1) is 17.9 Å². The van der Waals surface area contributed by atoms with Crippen LogP contribution in [0.25, 0.3) is 10.2 Å². The van der Waals surface area contributed by atoms with Crippen molar-refractivity contribution >= 4 is 21.6 Å². The highest BCUT2D eigenvalue weighted by Crippen LogP contribution is 2.33. The first-order chi connectivity index (χ1) is 11.6. The summed E-state index contributed by atoms with van der Waals surface area (Å²) in [5, 5.41) is 10.8. The third kappa shape index (κ3) is 3.77. The fraction of sp³-hybridized carbons (Fsp3) is 0.556. The molecule has 3 rings (SSSR count). The summed E-state index contributed by atoms with van der Waals surface area (Å²) in [4.78, 5) is 24.3. The Morgan fingerprint density at radius 3 is 3.04 bits per heavy atom. The molecule has 6 heteroatoms. The second-order valence-corrected chi connectivity index (χ2v) is 7.70. The molecule has 0 unspecified atom stereocenters. The topological polar surface area (TPSA) is 69.2 Å². The number of allylic oxidation sites excluding steroid dienone is 1. The van der Waals surface area contributed by atoms with E-state index in [0.717, 1.165) is 35.9 Å². The SMILES string of the molecule is C=CCC[C@@H](O)CN(C)Cc1nc2sc3c(c2c(=O)[nH]1)CCCC3. The van der Waals surface area contributed by atoms with Gasteiger partial charge in [-0.05, 0) is 51.1 Å². The fourth-order valence-corrected chi connectivity index (χ4v) is 4.65. The number of nitrogens with zero attached hydrogens (tertiary/aromatic N) is 2. The van der Waals surface area contributed by atoms with Crippen LogP contribution in [-0.2, 0) is 19.4 Å². The number of fused-ring (bicyclic) bond motifs is 3. The number of likely N-dealkylation sites (N-methyl/N-ethyl adjacent to an activating group) is 1. The van der Waals surface area contributed by atoms with Crippen LogP contribution in [0, 0.1) is 0 Å². The lowest BCUT2D eigenvalue weighted by atomic mass is 9.97. The summed E-state index contributed by atoms with van der Waals surface area (Å²) in [6, 6.07) is 0. The summed E-state index contributed by atoms with van der Waals surface area (Å²) in [7, 11) is 1.93. The first kappa shape index (κ1) is 17.3. The van der Waals surface area contributed by atoms with Crippen LogP contribution < -0.4 is 5.56 Å². The highest BCUT2D eigenvalue weighted by Gasteiger charge is 2.20. The predicted molar refractivity (Wildman–Crippen MR) is 98.7 cm³/mol. The summed E-state index contributed by atoms with van der Waals surface area (Å²) < 4.78 is 0. The van der Waals surface area contributed by atoms with Crippen molar-refractivity contribution in [2.45, 2.75) is 51.2 Å². The molecule has 5 nitrogen and oxygen atoms in total. The third-order valence-corrected chi connectivity index (χ3v) is 5.71. The first-order valence-corrected chi connectivity index (χ1v) is 9.41. The van der Waals surface area contributed by atoms with E-state index in [1.165, 1.54) is 16.9 Å². The van der Waals surface area contributed by atoms with Crippen LogP contribution >= 0.6 is 11.3 Å². The number of hydrogen-bond acceptors (Lipinski definition) is 5. The normalized spacial score (nSPS) is 15.6. The van der Waals surface area contributed by atoms with Crippen LogP contribution in [0.1, 0.15) is 41.9 Å². The Bertz CT molecular complexity index is 780. The molecule has 0 saturated heterocycles. The van der Waals surface area contributed by atoms with Crippen LogP contribution in [0.5, 0.6) is 0 Å². The van der Waals surface area contributed by atoms with Crippen LogP contribution in [0.15, 0.2) is 17.4 Å². The Morgan fingerprint density at radius 2 is 2.25 bits per heavy atom. The molecule has 130 valence electrons. The van der Waals surface area contributed by atoms with Gasteiger partial charge < -0.3 is 10.1 Å².